The number of benzene rings is 2. The van der Waals surface area contributed by atoms with Gasteiger partial charge in [0.25, 0.3) is 0 Å². The van der Waals surface area contributed by atoms with E-state index < -0.39 is 17.7 Å². The second-order valence-corrected chi connectivity index (χ2v) is 9.51. The van der Waals surface area contributed by atoms with Gasteiger partial charge in [0.15, 0.2) is 0 Å². The van der Waals surface area contributed by atoms with Crippen LogP contribution in [0.1, 0.15) is 22.5 Å². The fraction of sp³-hybridized carbons (Fsp3) is 0.346. The molecular formula is C26H25ClF3N3O2. The predicted octanol–water partition coefficient (Wildman–Crippen LogP) is 5.13. The molecule has 3 aromatic rings. The highest BCUT2D eigenvalue weighted by atomic mass is 35.5. The summed E-state index contributed by atoms with van der Waals surface area (Å²) in [5.74, 6) is -0.0550. The minimum atomic E-state index is -4.43. The number of anilines is 1. The molecule has 35 heavy (non-hydrogen) atoms. The van der Waals surface area contributed by atoms with Crippen molar-refractivity contribution < 1.29 is 22.4 Å². The number of rotatable bonds is 5. The Morgan fingerprint density at radius 2 is 1.91 bits per heavy atom. The fourth-order valence-corrected chi connectivity index (χ4v) is 5.19. The zero-order chi connectivity index (χ0) is 24.6. The van der Waals surface area contributed by atoms with Gasteiger partial charge in [-0.25, -0.2) is 0 Å². The van der Waals surface area contributed by atoms with E-state index in [0.29, 0.717) is 36.0 Å². The molecule has 2 aliphatic heterocycles. The third-order valence-electron chi connectivity index (χ3n) is 6.80. The largest absolute Gasteiger partial charge is 0.467 e. The first-order valence-electron chi connectivity index (χ1n) is 11.5. The van der Waals surface area contributed by atoms with Gasteiger partial charge in [-0.2, -0.15) is 13.2 Å². The van der Waals surface area contributed by atoms with Crippen LogP contribution in [0.5, 0.6) is 0 Å². The Bertz CT molecular complexity index is 1180. The van der Waals surface area contributed by atoms with Gasteiger partial charge in [0.05, 0.1) is 30.3 Å². The van der Waals surface area contributed by atoms with Gasteiger partial charge in [-0.05, 0) is 60.0 Å². The molecule has 0 bridgehead atoms. The highest BCUT2D eigenvalue weighted by molar-refractivity contribution is 6.30. The van der Waals surface area contributed by atoms with Crippen LogP contribution in [0, 0.1) is 5.92 Å². The second-order valence-electron chi connectivity index (χ2n) is 9.07. The SMILES string of the molecule is O=C(NCc1ccco1)[C@H]1Cc2cc(C(F)(F)F)ccc2N2CCN(Cc3ccc(Cl)cc3)C[C@H]12. The van der Waals surface area contributed by atoms with Crippen molar-refractivity contribution in [1.29, 1.82) is 0 Å². The smallest absolute Gasteiger partial charge is 0.416 e. The van der Waals surface area contributed by atoms with Gasteiger partial charge in [0.2, 0.25) is 5.91 Å². The van der Waals surface area contributed by atoms with E-state index in [2.05, 4.69) is 15.1 Å². The fourth-order valence-electron chi connectivity index (χ4n) is 5.07. The molecule has 3 heterocycles. The van der Waals surface area contributed by atoms with E-state index in [1.165, 1.54) is 12.3 Å². The number of carbonyl (C=O) groups is 1. The lowest BCUT2D eigenvalue weighted by Gasteiger charge is -2.49. The van der Waals surface area contributed by atoms with Crippen molar-refractivity contribution in [3.8, 4) is 0 Å². The zero-order valence-corrected chi connectivity index (χ0v) is 19.6. The van der Waals surface area contributed by atoms with Crippen LogP contribution in [-0.2, 0) is 30.5 Å². The van der Waals surface area contributed by atoms with Crippen molar-refractivity contribution >= 4 is 23.2 Å². The lowest BCUT2D eigenvalue weighted by molar-refractivity contribution is -0.137. The summed E-state index contributed by atoms with van der Waals surface area (Å²) < 4.78 is 45.5. The first-order chi connectivity index (χ1) is 16.8. The van der Waals surface area contributed by atoms with Crippen molar-refractivity contribution in [2.45, 2.75) is 31.7 Å². The summed E-state index contributed by atoms with van der Waals surface area (Å²) >= 11 is 6.01. The quantitative estimate of drug-likeness (QED) is 0.524. The third-order valence-corrected chi connectivity index (χ3v) is 7.05. The van der Waals surface area contributed by atoms with E-state index in [4.69, 9.17) is 16.0 Å². The van der Waals surface area contributed by atoms with E-state index in [1.807, 2.05) is 24.3 Å². The van der Waals surface area contributed by atoms with Gasteiger partial charge in [0.1, 0.15) is 5.76 Å². The van der Waals surface area contributed by atoms with Crippen molar-refractivity contribution in [3.63, 3.8) is 0 Å². The minimum absolute atomic E-state index is 0.156. The number of nitrogens with one attached hydrogen (secondary N) is 1. The van der Waals surface area contributed by atoms with Crippen LogP contribution in [-0.4, -0.2) is 36.5 Å². The molecule has 2 aromatic carbocycles. The Balaban J connectivity index is 1.40. The molecule has 184 valence electrons. The predicted molar refractivity (Wildman–Crippen MR) is 127 cm³/mol. The summed E-state index contributed by atoms with van der Waals surface area (Å²) in [4.78, 5) is 17.7. The molecule has 1 saturated heterocycles. The average molecular weight is 504 g/mol. The summed E-state index contributed by atoms with van der Waals surface area (Å²) in [6.45, 7) is 2.93. The van der Waals surface area contributed by atoms with Gasteiger partial charge in [-0.3, -0.25) is 9.69 Å². The Hall–Kier alpha value is -2.97. The summed E-state index contributed by atoms with van der Waals surface area (Å²) in [6.07, 6.45) is -2.64. The molecule has 0 unspecified atom stereocenters. The maximum atomic E-state index is 13.4. The summed E-state index contributed by atoms with van der Waals surface area (Å²) in [5, 5.41) is 3.59. The highest BCUT2D eigenvalue weighted by Gasteiger charge is 2.42. The van der Waals surface area contributed by atoms with E-state index >= 15 is 0 Å². The molecule has 0 radical (unpaired) electrons. The van der Waals surface area contributed by atoms with Gasteiger partial charge in [0, 0.05) is 36.9 Å². The van der Waals surface area contributed by atoms with Crippen molar-refractivity contribution in [1.82, 2.24) is 10.2 Å². The Kier molecular flexibility index (Phi) is 6.51. The number of amides is 1. The van der Waals surface area contributed by atoms with Crippen LogP contribution in [0.25, 0.3) is 0 Å². The topological polar surface area (TPSA) is 48.7 Å². The standard InChI is InChI=1S/C26H25ClF3N3O2/c27-20-6-3-17(4-7-20)15-32-9-10-33-23-8-5-19(26(28,29)30)12-18(23)13-22(24(33)16-32)25(34)31-14-21-2-1-11-35-21/h1-8,11-12,22,24H,9-10,13-16H2,(H,31,34)/t22-,24+/m0/s1. The number of hydrogen-bond donors (Lipinski definition) is 1. The molecule has 1 fully saturated rings. The van der Waals surface area contributed by atoms with Crippen LogP contribution >= 0.6 is 11.6 Å². The molecule has 1 amide bonds. The molecule has 1 N–H and O–H groups in total. The van der Waals surface area contributed by atoms with Crippen LogP contribution in [0.4, 0.5) is 18.9 Å². The average Bonchev–Trinajstić information content (AvgIpc) is 3.36. The molecule has 0 aliphatic carbocycles. The zero-order valence-electron chi connectivity index (χ0n) is 18.9. The third kappa shape index (κ3) is 5.18. The molecule has 1 aromatic heterocycles. The molecular weight excluding hydrogens is 479 g/mol. The number of fused-ring (bicyclic) bond motifs is 3. The molecule has 9 heteroatoms. The van der Waals surface area contributed by atoms with E-state index in [0.717, 1.165) is 23.9 Å². The first kappa shape index (κ1) is 23.8. The lowest BCUT2D eigenvalue weighted by atomic mass is 9.82. The number of halogens is 4. The van der Waals surface area contributed by atoms with E-state index in [-0.39, 0.29) is 24.9 Å². The Morgan fingerprint density at radius 3 is 2.63 bits per heavy atom. The van der Waals surface area contributed by atoms with Crippen LogP contribution < -0.4 is 10.2 Å². The second kappa shape index (κ2) is 9.59. The molecule has 5 rings (SSSR count). The number of hydrogen-bond acceptors (Lipinski definition) is 4. The van der Waals surface area contributed by atoms with E-state index in [1.54, 1.807) is 18.2 Å². The lowest BCUT2D eigenvalue weighted by Crippen LogP contribution is -2.60. The van der Waals surface area contributed by atoms with Crippen LogP contribution in [0.3, 0.4) is 0 Å². The summed E-state index contributed by atoms with van der Waals surface area (Å²) in [7, 11) is 0. The molecule has 2 atom stereocenters. The number of furan rings is 1. The molecule has 0 spiro atoms. The Labute approximate surface area is 206 Å². The van der Waals surface area contributed by atoms with Crippen LogP contribution in [0.2, 0.25) is 5.02 Å². The number of piperazine rings is 1. The maximum absolute atomic E-state index is 13.4. The summed E-state index contributed by atoms with van der Waals surface area (Å²) in [6, 6.07) is 14.9. The van der Waals surface area contributed by atoms with Crippen molar-refractivity contribution in [2.24, 2.45) is 5.92 Å². The molecule has 2 aliphatic rings. The minimum Gasteiger partial charge on any atom is -0.467 e. The summed E-state index contributed by atoms with van der Waals surface area (Å²) in [5.41, 5.74) is 1.77. The number of alkyl halides is 3. The monoisotopic (exact) mass is 503 g/mol. The number of nitrogens with zero attached hydrogens (tertiary/aromatic N) is 2. The van der Waals surface area contributed by atoms with Gasteiger partial charge in [-0.15, -0.1) is 0 Å². The molecule has 0 saturated carbocycles. The normalized spacial score (nSPS) is 20.3. The Morgan fingerprint density at radius 1 is 1.11 bits per heavy atom. The van der Waals surface area contributed by atoms with E-state index in [9.17, 15) is 18.0 Å². The van der Waals surface area contributed by atoms with Crippen molar-refractivity contribution in [2.75, 3.05) is 24.5 Å². The molecule has 5 nitrogen and oxygen atoms in total. The van der Waals surface area contributed by atoms with Crippen molar-refractivity contribution in [3.05, 3.63) is 88.3 Å². The van der Waals surface area contributed by atoms with Gasteiger partial charge < -0.3 is 14.6 Å². The first-order valence-corrected chi connectivity index (χ1v) is 11.9. The van der Waals surface area contributed by atoms with Gasteiger partial charge in [-0.1, -0.05) is 23.7 Å². The maximum Gasteiger partial charge on any atom is 0.416 e. The number of carbonyl (C=O) groups excluding carboxylic acids is 1. The van der Waals surface area contributed by atoms with Gasteiger partial charge >= 0.3 is 6.18 Å². The van der Waals surface area contributed by atoms with Crippen LogP contribution in [0.15, 0.2) is 65.3 Å². The highest BCUT2D eigenvalue weighted by Crippen LogP contribution is 2.40.